The summed E-state index contributed by atoms with van der Waals surface area (Å²) in [6.45, 7) is 11.1. The molecule has 6 rings (SSSR count). The average molecular weight is 583 g/mol. The summed E-state index contributed by atoms with van der Waals surface area (Å²) in [5, 5.41) is 12.0. The summed E-state index contributed by atoms with van der Waals surface area (Å²) in [5.74, 6) is 1.54. The molecule has 0 bridgehead atoms. The van der Waals surface area contributed by atoms with Gasteiger partial charge in [-0.2, -0.15) is 0 Å². The molecule has 11 heteroatoms. The molecule has 3 aromatic rings. The average Bonchev–Trinajstić information content (AvgIpc) is 3.64. The first-order valence-electron chi connectivity index (χ1n) is 14.2. The molecule has 0 spiro atoms. The van der Waals surface area contributed by atoms with E-state index in [2.05, 4.69) is 20.9 Å². The van der Waals surface area contributed by atoms with Gasteiger partial charge in [-0.1, -0.05) is 0 Å². The van der Waals surface area contributed by atoms with E-state index in [9.17, 15) is 9.59 Å². The van der Waals surface area contributed by atoms with Crippen molar-refractivity contribution >= 4 is 49.9 Å². The molecule has 2 unspecified atom stereocenters. The van der Waals surface area contributed by atoms with Gasteiger partial charge in [0, 0.05) is 41.7 Å². The van der Waals surface area contributed by atoms with E-state index in [-0.39, 0.29) is 18.0 Å². The Hall–Kier alpha value is -2.60. The molecule has 3 aromatic heterocycles. The van der Waals surface area contributed by atoms with E-state index in [1.54, 1.807) is 40.0 Å². The Labute approximate surface area is 243 Å². The standard InChI is InChI=1S/C29H38N6O3S2/c1-16-9-20-23(15-35(16)28(37)38-29(2,3)4)40-27(25(20)26-33-21-14-30-7-5-22(21)39-26)34-24(36)6-8-32-19-10-17-12-31-13-18(17)11-19/h5,7,14,16-19,31-32H,6,8-13,15H2,1-4H3,(H,34,36)/t16-,17?,18?,19?/m0/s1. The molecule has 0 radical (unpaired) electrons. The van der Waals surface area contributed by atoms with Crippen molar-refractivity contribution in [3.05, 3.63) is 28.9 Å². The molecular formula is C29H38N6O3S2. The number of hydrogen-bond donors (Lipinski definition) is 3. The highest BCUT2D eigenvalue weighted by Gasteiger charge is 2.37. The van der Waals surface area contributed by atoms with Crippen molar-refractivity contribution < 1.29 is 14.3 Å². The van der Waals surface area contributed by atoms with Gasteiger partial charge in [-0.25, -0.2) is 9.78 Å². The Balaban J connectivity index is 1.21. The number of carbonyl (C=O) groups is 2. The lowest BCUT2D eigenvalue weighted by Gasteiger charge is -2.35. The number of pyridine rings is 1. The quantitative estimate of drug-likeness (QED) is 0.375. The van der Waals surface area contributed by atoms with Crippen molar-refractivity contribution in [2.45, 2.75) is 77.6 Å². The summed E-state index contributed by atoms with van der Waals surface area (Å²) in [7, 11) is 0. The number of carbonyl (C=O) groups excluding carboxylic acids is 2. The van der Waals surface area contributed by atoms with E-state index >= 15 is 0 Å². The number of anilines is 1. The van der Waals surface area contributed by atoms with Crippen LogP contribution in [0.5, 0.6) is 0 Å². The fourth-order valence-electron chi connectivity index (χ4n) is 6.25. The summed E-state index contributed by atoms with van der Waals surface area (Å²) in [6.07, 6.45) is 6.71. The predicted octanol–water partition coefficient (Wildman–Crippen LogP) is 5.02. The second-order valence-corrected chi connectivity index (χ2v) is 14.5. The molecule has 1 saturated carbocycles. The molecule has 214 valence electrons. The molecule has 3 aliphatic rings. The van der Waals surface area contributed by atoms with Crippen LogP contribution in [0.25, 0.3) is 20.8 Å². The number of hydrogen-bond acceptors (Lipinski definition) is 9. The first-order valence-corrected chi connectivity index (χ1v) is 15.9. The van der Waals surface area contributed by atoms with Crippen molar-refractivity contribution in [3.8, 4) is 10.6 Å². The van der Waals surface area contributed by atoms with Crippen molar-refractivity contribution in [1.82, 2.24) is 25.5 Å². The number of thiazole rings is 1. The fourth-order valence-corrected chi connectivity index (χ4v) is 8.57. The van der Waals surface area contributed by atoms with Gasteiger partial charge in [0.15, 0.2) is 0 Å². The number of nitrogens with zero attached hydrogens (tertiary/aromatic N) is 3. The second-order valence-electron chi connectivity index (χ2n) is 12.3. The van der Waals surface area contributed by atoms with Crippen molar-refractivity contribution in [3.63, 3.8) is 0 Å². The maximum absolute atomic E-state index is 13.2. The first-order chi connectivity index (χ1) is 19.1. The highest BCUT2D eigenvalue weighted by molar-refractivity contribution is 7.22. The molecule has 2 fully saturated rings. The largest absolute Gasteiger partial charge is 0.444 e. The van der Waals surface area contributed by atoms with Gasteiger partial charge < -0.3 is 25.6 Å². The third kappa shape index (κ3) is 5.74. The number of ether oxygens (including phenoxy) is 1. The minimum atomic E-state index is -0.561. The molecular weight excluding hydrogens is 544 g/mol. The SMILES string of the molecule is C[C@H]1Cc2c(sc(NC(=O)CCNC3CC4CNCC4C3)c2-c2nc3cnccc3s2)CN1C(=O)OC(C)(C)C. The smallest absolute Gasteiger partial charge is 0.410 e. The number of nitrogens with one attached hydrogen (secondary N) is 3. The van der Waals surface area contributed by atoms with E-state index in [0.717, 1.165) is 61.2 Å². The van der Waals surface area contributed by atoms with E-state index in [1.165, 1.54) is 12.8 Å². The lowest BCUT2D eigenvalue weighted by molar-refractivity contribution is -0.116. The molecule has 2 amide bonds. The summed E-state index contributed by atoms with van der Waals surface area (Å²) in [6, 6.07) is 2.44. The van der Waals surface area contributed by atoms with Crippen LogP contribution in [0.2, 0.25) is 0 Å². The fraction of sp³-hybridized carbons (Fsp3) is 0.586. The van der Waals surface area contributed by atoms with Crippen LogP contribution < -0.4 is 16.0 Å². The van der Waals surface area contributed by atoms with Gasteiger partial charge in [0.05, 0.1) is 17.4 Å². The van der Waals surface area contributed by atoms with Crippen LogP contribution in [0, 0.1) is 11.8 Å². The number of rotatable bonds is 6. The van der Waals surface area contributed by atoms with Crippen LogP contribution in [-0.2, 0) is 22.5 Å². The van der Waals surface area contributed by atoms with Gasteiger partial charge in [0.2, 0.25) is 5.91 Å². The Morgan fingerprint density at radius 3 is 2.70 bits per heavy atom. The van der Waals surface area contributed by atoms with E-state index in [4.69, 9.17) is 9.72 Å². The zero-order chi connectivity index (χ0) is 28.0. The molecule has 2 aliphatic heterocycles. The molecule has 9 nitrogen and oxygen atoms in total. The van der Waals surface area contributed by atoms with E-state index < -0.39 is 5.60 Å². The van der Waals surface area contributed by atoms with Crippen LogP contribution >= 0.6 is 22.7 Å². The highest BCUT2D eigenvalue weighted by atomic mass is 32.1. The van der Waals surface area contributed by atoms with Crippen LogP contribution in [-0.4, -0.2) is 64.2 Å². The lowest BCUT2D eigenvalue weighted by atomic mass is 9.97. The van der Waals surface area contributed by atoms with E-state index in [0.29, 0.717) is 32.0 Å². The Morgan fingerprint density at radius 2 is 1.98 bits per heavy atom. The first kappa shape index (κ1) is 27.6. The van der Waals surface area contributed by atoms with Crippen molar-refractivity contribution in [2.75, 3.05) is 25.0 Å². The summed E-state index contributed by atoms with van der Waals surface area (Å²) < 4.78 is 6.75. The van der Waals surface area contributed by atoms with Crippen molar-refractivity contribution in [2.24, 2.45) is 11.8 Å². The highest BCUT2D eigenvalue weighted by Crippen LogP contribution is 2.46. The lowest BCUT2D eigenvalue weighted by Crippen LogP contribution is -2.44. The van der Waals surface area contributed by atoms with Gasteiger partial charge in [0.1, 0.15) is 21.1 Å². The topological polar surface area (TPSA) is 108 Å². The van der Waals surface area contributed by atoms with Gasteiger partial charge in [-0.3, -0.25) is 9.78 Å². The number of aromatic nitrogens is 2. The molecule has 3 N–H and O–H groups in total. The zero-order valence-corrected chi connectivity index (χ0v) is 25.2. The van der Waals surface area contributed by atoms with Crippen molar-refractivity contribution in [1.29, 1.82) is 0 Å². The molecule has 40 heavy (non-hydrogen) atoms. The van der Waals surface area contributed by atoms with Crippen LogP contribution in [0.4, 0.5) is 9.80 Å². The van der Waals surface area contributed by atoms with Crippen LogP contribution in [0.1, 0.15) is 57.4 Å². The Kier molecular flexibility index (Phi) is 7.58. The van der Waals surface area contributed by atoms with Crippen LogP contribution in [0.3, 0.4) is 0 Å². The van der Waals surface area contributed by atoms with E-state index in [1.807, 2.05) is 33.8 Å². The van der Waals surface area contributed by atoms with Gasteiger partial charge in [-0.15, -0.1) is 22.7 Å². The predicted molar refractivity (Wildman–Crippen MR) is 160 cm³/mol. The normalized spacial score (nSPS) is 24.2. The number of amides is 2. The monoisotopic (exact) mass is 582 g/mol. The molecule has 1 aliphatic carbocycles. The number of thiophene rings is 1. The Bertz CT molecular complexity index is 1370. The summed E-state index contributed by atoms with van der Waals surface area (Å²) >= 11 is 3.16. The summed E-state index contributed by atoms with van der Waals surface area (Å²) in [4.78, 5) is 38.1. The zero-order valence-electron chi connectivity index (χ0n) is 23.6. The van der Waals surface area contributed by atoms with Gasteiger partial charge in [0.25, 0.3) is 0 Å². The molecule has 3 atom stereocenters. The third-order valence-electron chi connectivity index (χ3n) is 8.16. The Morgan fingerprint density at radius 1 is 1.20 bits per heavy atom. The second kappa shape index (κ2) is 11.0. The van der Waals surface area contributed by atoms with Gasteiger partial charge in [-0.05, 0) is 83.5 Å². The van der Waals surface area contributed by atoms with Gasteiger partial charge >= 0.3 is 6.09 Å². The molecule has 1 saturated heterocycles. The van der Waals surface area contributed by atoms with Crippen LogP contribution in [0.15, 0.2) is 18.5 Å². The minimum absolute atomic E-state index is 0.00738. The third-order valence-corrected chi connectivity index (χ3v) is 10.3. The maximum Gasteiger partial charge on any atom is 0.410 e. The summed E-state index contributed by atoms with van der Waals surface area (Å²) in [5.41, 5.74) is 2.42. The minimum Gasteiger partial charge on any atom is -0.444 e. The number of fused-ring (bicyclic) bond motifs is 3. The molecule has 5 heterocycles. The molecule has 0 aromatic carbocycles. The maximum atomic E-state index is 13.2.